The van der Waals surface area contributed by atoms with Gasteiger partial charge in [0.25, 0.3) is 15.9 Å². The van der Waals surface area contributed by atoms with Crippen molar-refractivity contribution in [3.63, 3.8) is 0 Å². The SMILES string of the molecule is Cc1cc(NS(=O)(=O)c2ccc(NC(=O)COc3ccnc4c3CCCC4)cc2)nc(C)n1. The second-order valence-corrected chi connectivity index (χ2v) is 9.53. The first-order chi connectivity index (χ1) is 15.8. The van der Waals surface area contributed by atoms with E-state index in [-0.39, 0.29) is 23.2 Å². The first kappa shape index (κ1) is 22.7. The number of carbonyl (C=O) groups excluding carboxylic acids is 1. The quantitative estimate of drug-likeness (QED) is 0.547. The lowest BCUT2D eigenvalue weighted by Gasteiger charge is -2.18. The highest BCUT2D eigenvalue weighted by atomic mass is 32.2. The predicted octanol–water partition coefficient (Wildman–Crippen LogP) is 3.19. The fourth-order valence-electron chi connectivity index (χ4n) is 3.75. The molecule has 1 aromatic carbocycles. The first-order valence-corrected chi connectivity index (χ1v) is 12.1. The van der Waals surface area contributed by atoms with Gasteiger partial charge in [0.2, 0.25) is 0 Å². The molecule has 3 aromatic rings. The van der Waals surface area contributed by atoms with Gasteiger partial charge in [0, 0.05) is 34.9 Å². The van der Waals surface area contributed by atoms with Crippen molar-refractivity contribution in [2.45, 2.75) is 44.4 Å². The third-order valence-electron chi connectivity index (χ3n) is 5.20. The third-order valence-corrected chi connectivity index (χ3v) is 6.58. The number of hydrogen-bond acceptors (Lipinski definition) is 7. The molecular weight excluding hydrogens is 442 g/mol. The largest absolute Gasteiger partial charge is 0.483 e. The number of amides is 1. The summed E-state index contributed by atoms with van der Waals surface area (Å²) in [4.78, 5) is 25.0. The molecule has 0 radical (unpaired) electrons. The van der Waals surface area contributed by atoms with Crippen LogP contribution in [0, 0.1) is 13.8 Å². The molecule has 0 aliphatic heterocycles. The van der Waals surface area contributed by atoms with Gasteiger partial charge in [-0.2, -0.15) is 0 Å². The summed E-state index contributed by atoms with van der Waals surface area (Å²) in [5, 5.41) is 2.72. The average Bonchev–Trinajstić information content (AvgIpc) is 2.77. The van der Waals surface area contributed by atoms with E-state index in [0.717, 1.165) is 36.9 Å². The number of aryl methyl sites for hydroxylation is 3. The monoisotopic (exact) mass is 467 g/mol. The number of rotatable bonds is 7. The van der Waals surface area contributed by atoms with Crippen molar-refractivity contribution < 1.29 is 17.9 Å². The van der Waals surface area contributed by atoms with Gasteiger partial charge in [0.15, 0.2) is 6.61 Å². The molecule has 0 spiro atoms. The number of anilines is 2. The number of nitrogens with one attached hydrogen (secondary N) is 2. The number of benzene rings is 1. The zero-order valence-corrected chi connectivity index (χ0v) is 19.3. The van der Waals surface area contributed by atoms with Gasteiger partial charge in [-0.25, -0.2) is 18.4 Å². The van der Waals surface area contributed by atoms with Crippen molar-refractivity contribution >= 4 is 27.4 Å². The molecule has 0 saturated heterocycles. The van der Waals surface area contributed by atoms with E-state index in [9.17, 15) is 13.2 Å². The van der Waals surface area contributed by atoms with Gasteiger partial charge in [-0.15, -0.1) is 0 Å². The summed E-state index contributed by atoms with van der Waals surface area (Å²) in [7, 11) is -3.83. The second kappa shape index (κ2) is 9.53. The molecule has 2 aromatic heterocycles. The maximum atomic E-state index is 12.7. The zero-order valence-electron chi connectivity index (χ0n) is 18.5. The van der Waals surface area contributed by atoms with Crippen LogP contribution < -0.4 is 14.8 Å². The van der Waals surface area contributed by atoms with Gasteiger partial charge in [0.1, 0.15) is 17.4 Å². The molecule has 9 nitrogen and oxygen atoms in total. The number of aromatic nitrogens is 3. The molecule has 10 heteroatoms. The number of carbonyl (C=O) groups is 1. The highest BCUT2D eigenvalue weighted by Gasteiger charge is 2.17. The predicted molar refractivity (Wildman–Crippen MR) is 124 cm³/mol. The molecule has 4 rings (SSSR count). The number of ether oxygens (including phenoxy) is 1. The van der Waals surface area contributed by atoms with E-state index in [1.165, 1.54) is 24.3 Å². The zero-order chi connectivity index (χ0) is 23.4. The van der Waals surface area contributed by atoms with Crippen LogP contribution in [0.15, 0.2) is 47.5 Å². The van der Waals surface area contributed by atoms with Crippen molar-refractivity contribution in [3.05, 3.63) is 65.4 Å². The van der Waals surface area contributed by atoms with Crippen LogP contribution in [0.2, 0.25) is 0 Å². The van der Waals surface area contributed by atoms with E-state index >= 15 is 0 Å². The Morgan fingerprint density at radius 1 is 1.06 bits per heavy atom. The van der Waals surface area contributed by atoms with Crippen LogP contribution in [0.5, 0.6) is 5.75 Å². The third kappa shape index (κ3) is 5.64. The van der Waals surface area contributed by atoms with E-state index in [1.54, 1.807) is 32.2 Å². The molecule has 0 unspecified atom stereocenters. The van der Waals surface area contributed by atoms with Crippen LogP contribution in [0.4, 0.5) is 11.5 Å². The molecule has 1 aliphatic carbocycles. The summed E-state index contributed by atoms with van der Waals surface area (Å²) in [6, 6.07) is 9.22. The van der Waals surface area contributed by atoms with Crippen molar-refractivity contribution in [1.82, 2.24) is 15.0 Å². The van der Waals surface area contributed by atoms with E-state index < -0.39 is 10.0 Å². The van der Waals surface area contributed by atoms with E-state index in [4.69, 9.17) is 4.74 Å². The lowest BCUT2D eigenvalue weighted by molar-refractivity contribution is -0.118. The van der Waals surface area contributed by atoms with Crippen LogP contribution in [0.3, 0.4) is 0 Å². The van der Waals surface area contributed by atoms with Crippen molar-refractivity contribution in [1.29, 1.82) is 0 Å². The maximum Gasteiger partial charge on any atom is 0.263 e. The minimum atomic E-state index is -3.83. The highest BCUT2D eigenvalue weighted by molar-refractivity contribution is 7.92. The fourth-order valence-corrected chi connectivity index (χ4v) is 4.74. The summed E-state index contributed by atoms with van der Waals surface area (Å²) in [5.41, 5.74) is 3.24. The summed E-state index contributed by atoms with van der Waals surface area (Å²) >= 11 is 0. The molecular formula is C23H25N5O4S. The molecule has 172 valence electrons. The van der Waals surface area contributed by atoms with Gasteiger partial charge in [-0.3, -0.25) is 14.5 Å². The number of pyridine rings is 1. The number of nitrogens with zero attached hydrogens (tertiary/aromatic N) is 3. The molecule has 2 N–H and O–H groups in total. The average molecular weight is 468 g/mol. The van der Waals surface area contributed by atoms with Crippen LogP contribution >= 0.6 is 0 Å². The Morgan fingerprint density at radius 2 is 1.82 bits per heavy atom. The molecule has 33 heavy (non-hydrogen) atoms. The molecule has 0 atom stereocenters. The molecule has 0 fully saturated rings. The van der Waals surface area contributed by atoms with Gasteiger partial charge in [-0.1, -0.05) is 0 Å². The molecule has 2 heterocycles. The molecule has 1 amide bonds. The van der Waals surface area contributed by atoms with Crippen molar-refractivity contribution in [2.24, 2.45) is 0 Å². The Kier molecular flexibility index (Phi) is 6.55. The topological polar surface area (TPSA) is 123 Å². The smallest absolute Gasteiger partial charge is 0.263 e. The van der Waals surface area contributed by atoms with Gasteiger partial charge >= 0.3 is 0 Å². The molecule has 0 bridgehead atoms. The van der Waals surface area contributed by atoms with E-state index in [0.29, 0.717) is 23.0 Å². The first-order valence-electron chi connectivity index (χ1n) is 10.6. The van der Waals surface area contributed by atoms with Crippen LogP contribution in [-0.4, -0.2) is 35.9 Å². The number of hydrogen-bond donors (Lipinski definition) is 2. The van der Waals surface area contributed by atoms with Gasteiger partial charge in [0.05, 0.1) is 4.90 Å². The van der Waals surface area contributed by atoms with Crippen LogP contribution in [0.1, 0.15) is 35.6 Å². The lowest BCUT2D eigenvalue weighted by atomic mass is 9.95. The van der Waals surface area contributed by atoms with Crippen molar-refractivity contribution in [2.75, 3.05) is 16.6 Å². The number of fused-ring (bicyclic) bond motifs is 1. The Bertz CT molecular complexity index is 1260. The van der Waals surface area contributed by atoms with E-state index in [1.807, 2.05) is 0 Å². The highest BCUT2D eigenvalue weighted by Crippen LogP contribution is 2.28. The summed E-state index contributed by atoms with van der Waals surface area (Å²) in [6.45, 7) is 3.30. The van der Waals surface area contributed by atoms with E-state index in [2.05, 4.69) is 25.0 Å². The van der Waals surface area contributed by atoms with Crippen LogP contribution in [-0.2, 0) is 27.7 Å². The normalized spacial score (nSPS) is 13.2. The molecule has 1 aliphatic rings. The summed E-state index contributed by atoms with van der Waals surface area (Å²) < 4.78 is 33.5. The fraction of sp³-hybridized carbons (Fsp3) is 0.304. The van der Waals surface area contributed by atoms with Crippen molar-refractivity contribution in [3.8, 4) is 5.75 Å². The Balaban J connectivity index is 1.37. The standard InChI is InChI=1S/C23H25N5O4S/c1-15-13-22(26-16(2)25-15)28-33(30,31)18-9-7-17(8-10-18)27-23(29)14-32-21-11-12-24-20-6-4-3-5-19(20)21/h7-13H,3-6,14H2,1-2H3,(H,27,29)(H,25,26,28). The maximum absolute atomic E-state index is 12.7. The second-order valence-electron chi connectivity index (χ2n) is 7.85. The Hall–Kier alpha value is -3.53. The minimum absolute atomic E-state index is 0.0501. The van der Waals surface area contributed by atoms with Crippen LogP contribution in [0.25, 0.3) is 0 Å². The van der Waals surface area contributed by atoms with Gasteiger partial charge in [-0.05, 0) is 69.9 Å². The lowest BCUT2D eigenvalue weighted by Crippen LogP contribution is -2.21. The van der Waals surface area contributed by atoms with Gasteiger partial charge < -0.3 is 10.1 Å². The Labute approximate surface area is 192 Å². The Morgan fingerprint density at radius 3 is 2.58 bits per heavy atom. The summed E-state index contributed by atoms with van der Waals surface area (Å²) in [5.74, 6) is 1.03. The summed E-state index contributed by atoms with van der Waals surface area (Å²) in [6.07, 6.45) is 5.73. The molecule has 0 saturated carbocycles. The number of sulfonamides is 1. The minimum Gasteiger partial charge on any atom is -0.483 e.